The Morgan fingerprint density at radius 1 is 1.18 bits per heavy atom. The van der Waals surface area contributed by atoms with Gasteiger partial charge in [0.05, 0.1) is 5.75 Å². The third-order valence-electron chi connectivity index (χ3n) is 2.69. The number of esters is 2. The molecule has 1 rings (SSSR count). The molecule has 0 saturated heterocycles. The van der Waals surface area contributed by atoms with Gasteiger partial charge in [0.25, 0.3) is 6.29 Å². The second kappa shape index (κ2) is 7.73. The van der Waals surface area contributed by atoms with Crippen molar-refractivity contribution in [2.75, 3.05) is 5.75 Å². The van der Waals surface area contributed by atoms with E-state index in [9.17, 15) is 18.0 Å². The van der Waals surface area contributed by atoms with Crippen LogP contribution in [0.25, 0.3) is 0 Å². The fourth-order valence-corrected chi connectivity index (χ4v) is 3.16. The predicted octanol–water partition coefficient (Wildman–Crippen LogP) is 2.51. The lowest BCUT2D eigenvalue weighted by Crippen LogP contribution is -2.15. The first-order chi connectivity index (χ1) is 10.1. The highest BCUT2D eigenvalue weighted by atomic mass is 79.9. The van der Waals surface area contributed by atoms with Gasteiger partial charge >= 0.3 is 11.9 Å². The topological polar surface area (TPSA) is 86.7 Å². The number of hydrogen-bond donors (Lipinski definition) is 0. The quantitative estimate of drug-likeness (QED) is 0.545. The summed E-state index contributed by atoms with van der Waals surface area (Å²) >= 11 is 3.28. The summed E-state index contributed by atoms with van der Waals surface area (Å²) in [5, 5.41) is 0. The van der Waals surface area contributed by atoms with Gasteiger partial charge in [-0.2, -0.15) is 0 Å². The van der Waals surface area contributed by atoms with Crippen molar-refractivity contribution in [2.45, 2.75) is 32.8 Å². The van der Waals surface area contributed by atoms with Crippen molar-refractivity contribution in [1.29, 1.82) is 0 Å². The Bertz CT molecular complexity index is 652. The molecule has 22 heavy (non-hydrogen) atoms. The second-order valence-corrected chi connectivity index (χ2v) is 7.79. The minimum Gasteiger partial charge on any atom is -0.421 e. The number of benzene rings is 1. The molecule has 0 amide bonds. The van der Waals surface area contributed by atoms with Crippen LogP contribution in [0.4, 0.5) is 0 Å². The van der Waals surface area contributed by atoms with Gasteiger partial charge in [0, 0.05) is 29.6 Å². The van der Waals surface area contributed by atoms with Gasteiger partial charge in [-0.3, -0.25) is 9.59 Å². The van der Waals surface area contributed by atoms with Gasteiger partial charge in [-0.1, -0.05) is 35.0 Å². The largest absolute Gasteiger partial charge is 0.421 e. The van der Waals surface area contributed by atoms with Crippen LogP contribution >= 0.6 is 15.9 Å². The molecule has 1 aromatic rings. The van der Waals surface area contributed by atoms with Crippen molar-refractivity contribution in [3.8, 4) is 0 Å². The van der Waals surface area contributed by atoms with Crippen molar-refractivity contribution < 1.29 is 27.5 Å². The van der Waals surface area contributed by atoms with Crippen LogP contribution in [0.3, 0.4) is 0 Å². The molecule has 8 heteroatoms. The molecular formula is C14H17BrO6S. The number of carbonyl (C=O) groups is 2. The molecule has 0 unspecified atom stereocenters. The van der Waals surface area contributed by atoms with E-state index in [4.69, 9.17) is 9.47 Å². The van der Waals surface area contributed by atoms with Crippen molar-refractivity contribution in [1.82, 2.24) is 0 Å². The number of ether oxygens (including phenoxy) is 2. The van der Waals surface area contributed by atoms with E-state index in [0.717, 1.165) is 0 Å². The third-order valence-corrected chi connectivity index (χ3v) is 5.03. The molecule has 0 aromatic heterocycles. The number of rotatable bonds is 6. The van der Waals surface area contributed by atoms with E-state index in [-0.39, 0.29) is 11.5 Å². The van der Waals surface area contributed by atoms with Gasteiger partial charge in [0.15, 0.2) is 9.84 Å². The Labute approximate surface area is 137 Å². The molecule has 122 valence electrons. The highest BCUT2D eigenvalue weighted by molar-refractivity contribution is 9.10. The van der Waals surface area contributed by atoms with Crippen molar-refractivity contribution in [3.63, 3.8) is 0 Å². The zero-order valence-corrected chi connectivity index (χ0v) is 14.9. The Morgan fingerprint density at radius 3 is 2.14 bits per heavy atom. The van der Waals surface area contributed by atoms with Gasteiger partial charge in [-0.25, -0.2) is 8.42 Å². The fourth-order valence-electron chi connectivity index (χ4n) is 1.66. The summed E-state index contributed by atoms with van der Waals surface area (Å²) < 4.78 is 33.7. The molecule has 0 spiro atoms. The average molecular weight is 393 g/mol. The summed E-state index contributed by atoms with van der Waals surface area (Å²) in [6.45, 7) is 3.98. The Hall–Kier alpha value is -1.41. The monoisotopic (exact) mass is 392 g/mol. The first-order valence-corrected chi connectivity index (χ1v) is 9.09. The number of hydrogen-bond acceptors (Lipinski definition) is 6. The summed E-state index contributed by atoms with van der Waals surface area (Å²) in [5.41, 5.74) is 1.00. The average Bonchev–Trinajstić information content (AvgIpc) is 2.36. The summed E-state index contributed by atoms with van der Waals surface area (Å²) in [6.07, 6.45) is -1.18. The van der Waals surface area contributed by atoms with Gasteiger partial charge in [0.2, 0.25) is 0 Å². The van der Waals surface area contributed by atoms with E-state index < -0.39 is 28.1 Å². The minimum atomic E-state index is -3.15. The smallest absolute Gasteiger partial charge is 0.305 e. The van der Waals surface area contributed by atoms with Crippen molar-refractivity contribution in [2.24, 2.45) is 0 Å². The molecule has 0 bridgehead atoms. The fraction of sp³-hybridized carbons (Fsp3) is 0.429. The van der Waals surface area contributed by atoms with Gasteiger partial charge < -0.3 is 9.47 Å². The molecule has 6 nitrogen and oxygen atoms in total. The normalized spacial score (nSPS) is 11.3. The lowest BCUT2D eigenvalue weighted by molar-refractivity contribution is -0.186. The first kappa shape index (κ1) is 18.6. The summed E-state index contributed by atoms with van der Waals surface area (Å²) in [6, 6.07) is 4.75. The van der Waals surface area contributed by atoms with Crippen molar-refractivity contribution in [3.05, 3.63) is 33.8 Å². The maximum atomic E-state index is 11.6. The van der Waals surface area contributed by atoms with Crippen LogP contribution in [-0.4, -0.2) is 26.1 Å². The van der Waals surface area contributed by atoms with Crippen LogP contribution in [-0.2, 0) is 34.7 Å². The van der Waals surface area contributed by atoms with E-state index in [1.165, 1.54) is 13.8 Å². The molecule has 0 heterocycles. The maximum absolute atomic E-state index is 11.6. The molecule has 1 aromatic carbocycles. The Balaban J connectivity index is 3.08. The standard InChI is InChI=1S/C14H17BrO6S/c1-4-22(18,19)8-11-5-6-12(13(15)7-11)14(20-9(2)16)21-10(3)17/h5-7,14H,4,8H2,1-3H3. The molecule has 0 N–H and O–H groups in total. The SMILES string of the molecule is CCS(=O)(=O)Cc1ccc(C(OC(C)=O)OC(C)=O)c(Br)c1. The van der Waals surface area contributed by atoms with Crippen molar-refractivity contribution >= 4 is 37.7 Å². The lowest BCUT2D eigenvalue weighted by atomic mass is 10.1. The summed E-state index contributed by atoms with van der Waals surface area (Å²) in [7, 11) is -3.15. The molecule has 0 radical (unpaired) electrons. The third kappa shape index (κ3) is 5.76. The molecular weight excluding hydrogens is 376 g/mol. The number of carbonyl (C=O) groups excluding carboxylic acids is 2. The first-order valence-electron chi connectivity index (χ1n) is 6.47. The van der Waals surface area contributed by atoms with Gasteiger partial charge in [0.1, 0.15) is 0 Å². The molecule has 0 aliphatic heterocycles. The second-order valence-electron chi connectivity index (χ2n) is 4.58. The maximum Gasteiger partial charge on any atom is 0.305 e. The molecule has 0 aliphatic carbocycles. The number of halogens is 1. The lowest BCUT2D eigenvalue weighted by Gasteiger charge is -2.18. The van der Waals surface area contributed by atoms with Crippen LogP contribution < -0.4 is 0 Å². The van der Waals surface area contributed by atoms with Crippen LogP contribution in [0, 0.1) is 0 Å². The van der Waals surface area contributed by atoms with Gasteiger partial charge in [-0.05, 0) is 11.6 Å². The van der Waals surface area contributed by atoms with Gasteiger partial charge in [-0.15, -0.1) is 0 Å². The zero-order chi connectivity index (χ0) is 16.9. The van der Waals surface area contributed by atoms with Crippen LogP contribution in [0.15, 0.2) is 22.7 Å². The molecule has 0 saturated carbocycles. The highest BCUT2D eigenvalue weighted by Gasteiger charge is 2.21. The van der Waals surface area contributed by atoms with E-state index in [0.29, 0.717) is 15.6 Å². The van der Waals surface area contributed by atoms with Crippen LogP contribution in [0.2, 0.25) is 0 Å². The molecule has 0 aliphatic rings. The molecule has 0 atom stereocenters. The van der Waals surface area contributed by atoms with Crippen LogP contribution in [0.5, 0.6) is 0 Å². The predicted molar refractivity (Wildman–Crippen MR) is 83.6 cm³/mol. The highest BCUT2D eigenvalue weighted by Crippen LogP contribution is 2.29. The Morgan fingerprint density at radius 2 is 1.73 bits per heavy atom. The zero-order valence-electron chi connectivity index (χ0n) is 12.5. The minimum absolute atomic E-state index is 0.0515. The summed E-state index contributed by atoms with van der Waals surface area (Å²) in [4.78, 5) is 22.2. The van der Waals surface area contributed by atoms with E-state index in [2.05, 4.69) is 15.9 Å². The molecule has 0 fully saturated rings. The van der Waals surface area contributed by atoms with E-state index in [1.807, 2.05) is 0 Å². The van der Waals surface area contributed by atoms with Crippen LogP contribution in [0.1, 0.15) is 38.2 Å². The summed E-state index contributed by atoms with van der Waals surface area (Å²) in [5.74, 6) is -1.24. The Kier molecular flexibility index (Phi) is 6.55. The van der Waals surface area contributed by atoms with E-state index in [1.54, 1.807) is 25.1 Å². The van der Waals surface area contributed by atoms with E-state index >= 15 is 0 Å². The number of sulfone groups is 1.